The number of aryl methyl sites for hydroxylation is 1. The van der Waals surface area contributed by atoms with E-state index in [1.807, 2.05) is 12.1 Å². The van der Waals surface area contributed by atoms with Gasteiger partial charge in [-0.2, -0.15) is 0 Å². The molecule has 110 valence electrons. The highest BCUT2D eigenvalue weighted by Gasteiger charge is 2.40. The maximum absolute atomic E-state index is 12.1. The molecule has 0 aromatic carbocycles. The van der Waals surface area contributed by atoms with Crippen LogP contribution in [0.15, 0.2) is 24.5 Å². The highest BCUT2D eigenvalue weighted by atomic mass is 32.2. The zero-order chi connectivity index (χ0) is 14.8. The van der Waals surface area contributed by atoms with Gasteiger partial charge in [-0.1, -0.05) is 0 Å². The second-order valence-electron chi connectivity index (χ2n) is 5.07. The molecule has 20 heavy (non-hydrogen) atoms. The third kappa shape index (κ3) is 3.55. The van der Waals surface area contributed by atoms with Crippen LogP contribution in [0.2, 0.25) is 0 Å². The number of nitrogens with zero attached hydrogens (tertiary/aromatic N) is 2. The standard InChI is InChI=1S/C13H18N2O4S/c1-15(11-8-20(18,19)9-12(11)16)13(17)3-2-10-4-6-14-7-5-10/h4-7,11-12,16H,2-3,8-9H2,1H3/t11-,12-/m1/s1. The minimum atomic E-state index is -3.24. The number of aromatic nitrogens is 1. The zero-order valence-electron chi connectivity index (χ0n) is 11.3. The van der Waals surface area contributed by atoms with Crippen molar-refractivity contribution < 1.29 is 18.3 Å². The SMILES string of the molecule is CN(C(=O)CCc1ccncc1)[C@@H]1CS(=O)(=O)C[C@H]1O. The largest absolute Gasteiger partial charge is 0.390 e. The van der Waals surface area contributed by atoms with Gasteiger partial charge in [0, 0.05) is 25.9 Å². The number of hydrogen-bond donors (Lipinski definition) is 1. The summed E-state index contributed by atoms with van der Waals surface area (Å²) >= 11 is 0. The number of likely N-dealkylation sites (N-methyl/N-ethyl adjacent to an activating group) is 1. The molecule has 1 aromatic heterocycles. The molecule has 1 amide bonds. The average Bonchev–Trinajstić information content (AvgIpc) is 2.69. The van der Waals surface area contributed by atoms with E-state index in [0.717, 1.165) is 5.56 Å². The summed E-state index contributed by atoms with van der Waals surface area (Å²) in [6.45, 7) is 0. The maximum Gasteiger partial charge on any atom is 0.223 e. The molecular formula is C13H18N2O4S. The number of rotatable bonds is 4. The van der Waals surface area contributed by atoms with E-state index in [2.05, 4.69) is 4.98 Å². The van der Waals surface area contributed by atoms with Crippen LogP contribution >= 0.6 is 0 Å². The summed E-state index contributed by atoms with van der Waals surface area (Å²) in [6, 6.07) is 3.04. The molecule has 6 nitrogen and oxygen atoms in total. The molecule has 1 aliphatic rings. The van der Waals surface area contributed by atoms with Crippen LogP contribution in [0, 0.1) is 0 Å². The maximum atomic E-state index is 12.1. The predicted molar refractivity (Wildman–Crippen MR) is 73.8 cm³/mol. The van der Waals surface area contributed by atoms with Crippen molar-refractivity contribution in [1.29, 1.82) is 0 Å². The number of pyridine rings is 1. The lowest BCUT2D eigenvalue weighted by molar-refractivity contribution is -0.133. The van der Waals surface area contributed by atoms with Crippen LogP contribution in [0.5, 0.6) is 0 Å². The van der Waals surface area contributed by atoms with Crippen molar-refractivity contribution in [2.24, 2.45) is 0 Å². The minimum Gasteiger partial charge on any atom is -0.390 e. The molecule has 1 aliphatic heterocycles. The van der Waals surface area contributed by atoms with Gasteiger partial charge in [-0.15, -0.1) is 0 Å². The molecule has 2 rings (SSSR count). The van der Waals surface area contributed by atoms with Crippen LogP contribution < -0.4 is 0 Å². The Balaban J connectivity index is 1.93. The van der Waals surface area contributed by atoms with Gasteiger partial charge in [0.2, 0.25) is 5.91 Å². The molecule has 1 aromatic rings. The lowest BCUT2D eigenvalue weighted by Crippen LogP contribution is -2.44. The molecule has 7 heteroatoms. The van der Waals surface area contributed by atoms with Gasteiger partial charge in [-0.25, -0.2) is 8.42 Å². The molecule has 0 saturated carbocycles. The van der Waals surface area contributed by atoms with E-state index in [0.29, 0.717) is 6.42 Å². The topological polar surface area (TPSA) is 87.6 Å². The Morgan fingerprint density at radius 1 is 1.40 bits per heavy atom. The first-order chi connectivity index (χ1) is 9.39. The van der Waals surface area contributed by atoms with Crippen LogP contribution in [0.1, 0.15) is 12.0 Å². The van der Waals surface area contributed by atoms with Gasteiger partial charge < -0.3 is 10.0 Å². The summed E-state index contributed by atoms with van der Waals surface area (Å²) in [5.41, 5.74) is 1.00. The van der Waals surface area contributed by atoms with E-state index >= 15 is 0 Å². The van der Waals surface area contributed by atoms with E-state index in [1.165, 1.54) is 4.90 Å². The Hall–Kier alpha value is -1.47. The van der Waals surface area contributed by atoms with Crippen molar-refractivity contribution in [3.05, 3.63) is 30.1 Å². The third-order valence-electron chi connectivity index (χ3n) is 3.56. The first-order valence-corrected chi connectivity index (χ1v) is 8.24. The summed E-state index contributed by atoms with van der Waals surface area (Å²) < 4.78 is 22.9. The first kappa shape index (κ1) is 14.9. The van der Waals surface area contributed by atoms with Crippen molar-refractivity contribution in [2.75, 3.05) is 18.6 Å². The van der Waals surface area contributed by atoms with Crippen LogP contribution in [0.4, 0.5) is 0 Å². The molecule has 0 radical (unpaired) electrons. The van der Waals surface area contributed by atoms with Crippen molar-refractivity contribution in [3.8, 4) is 0 Å². The van der Waals surface area contributed by atoms with Crippen molar-refractivity contribution >= 4 is 15.7 Å². The minimum absolute atomic E-state index is 0.161. The summed E-state index contributed by atoms with van der Waals surface area (Å²) in [7, 11) is -1.70. The molecule has 0 unspecified atom stereocenters. The monoisotopic (exact) mass is 298 g/mol. The smallest absolute Gasteiger partial charge is 0.223 e. The number of amides is 1. The van der Waals surface area contributed by atoms with Gasteiger partial charge >= 0.3 is 0 Å². The fourth-order valence-electron chi connectivity index (χ4n) is 2.34. The summed E-state index contributed by atoms with van der Waals surface area (Å²) in [5, 5.41) is 9.75. The Bertz CT molecular complexity index is 573. The molecule has 0 spiro atoms. The van der Waals surface area contributed by atoms with Crippen LogP contribution in [-0.2, 0) is 21.1 Å². The highest BCUT2D eigenvalue weighted by molar-refractivity contribution is 7.91. The number of aliphatic hydroxyl groups excluding tert-OH is 1. The van der Waals surface area contributed by atoms with E-state index < -0.39 is 22.0 Å². The Labute approximate surface area is 118 Å². The summed E-state index contributed by atoms with van der Waals surface area (Å²) in [6.07, 6.45) is 3.19. The van der Waals surface area contributed by atoms with Gasteiger partial charge in [0.25, 0.3) is 0 Å². The lowest BCUT2D eigenvalue weighted by Gasteiger charge is -2.26. The quantitative estimate of drug-likeness (QED) is 0.819. The second kappa shape index (κ2) is 5.88. The number of sulfone groups is 1. The molecular weight excluding hydrogens is 280 g/mol. The zero-order valence-corrected chi connectivity index (χ0v) is 12.1. The number of hydrogen-bond acceptors (Lipinski definition) is 5. The fourth-order valence-corrected chi connectivity index (χ4v) is 4.19. The number of aliphatic hydroxyl groups is 1. The van der Waals surface area contributed by atoms with Crippen molar-refractivity contribution in [3.63, 3.8) is 0 Å². The van der Waals surface area contributed by atoms with Crippen LogP contribution in [-0.4, -0.2) is 60.0 Å². The summed E-state index contributed by atoms with van der Waals surface area (Å²) in [4.78, 5) is 17.3. The molecule has 1 saturated heterocycles. The van der Waals surface area contributed by atoms with E-state index in [4.69, 9.17) is 0 Å². The molecule has 0 bridgehead atoms. The number of carbonyl (C=O) groups is 1. The van der Waals surface area contributed by atoms with Crippen molar-refractivity contribution in [1.82, 2.24) is 9.88 Å². The normalized spacial score (nSPS) is 24.5. The Morgan fingerprint density at radius 3 is 2.60 bits per heavy atom. The highest BCUT2D eigenvalue weighted by Crippen LogP contribution is 2.18. The summed E-state index contributed by atoms with van der Waals surface area (Å²) in [5.74, 6) is -0.589. The van der Waals surface area contributed by atoms with Gasteiger partial charge in [0.1, 0.15) is 0 Å². The fraction of sp³-hybridized carbons (Fsp3) is 0.538. The van der Waals surface area contributed by atoms with Crippen LogP contribution in [0.3, 0.4) is 0 Å². The van der Waals surface area contributed by atoms with E-state index in [1.54, 1.807) is 19.4 Å². The van der Waals surface area contributed by atoms with E-state index in [-0.39, 0.29) is 23.8 Å². The average molecular weight is 298 g/mol. The predicted octanol–water partition coefficient (Wildman–Crippen LogP) is -0.369. The van der Waals surface area contributed by atoms with Gasteiger partial charge in [0.15, 0.2) is 9.84 Å². The second-order valence-corrected chi connectivity index (χ2v) is 7.23. The molecule has 0 aliphatic carbocycles. The lowest BCUT2D eigenvalue weighted by atomic mass is 10.1. The van der Waals surface area contributed by atoms with Gasteiger partial charge in [-0.3, -0.25) is 9.78 Å². The number of carbonyl (C=O) groups excluding carboxylic acids is 1. The first-order valence-electron chi connectivity index (χ1n) is 6.42. The third-order valence-corrected chi connectivity index (χ3v) is 5.26. The van der Waals surface area contributed by atoms with Crippen LogP contribution in [0.25, 0.3) is 0 Å². The van der Waals surface area contributed by atoms with Gasteiger partial charge in [-0.05, 0) is 24.1 Å². The molecule has 1 fully saturated rings. The Morgan fingerprint density at radius 2 is 2.05 bits per heavy atom. The molecule has 2 heterocycles. The van der Waals surface area contributed by atoms with Crippen molar-refractivity contribution in [2.45, 2.75) is 25.0 Å². The molecule has 2 atom stereocenters. The Kier molecular flexibility index (Phi) is 4.39. The van der Waals surface area contributed by atoms with E-state index in [9.17, 15) is 18.3 Å². The van der Waals surface area contributed by atoms with Gasteiger partial charge in [0.05, 0.1) is 23.7 Å². The molecule has 1 N–H and O–H groups in total.